The first-order valence-corrected chi connectivity index (χ1v) is 7.44. The molecule has 0 unspecified atom stereocenters. The molecule has 1 aromatic rings. The first-order valence-electron chi connectivity index (χ1n) is 5.98. The molecule has 0 aliphatic carbocycles. The van der Waals surface area contributed by atoms with Gasteiger partial charge in [0.25, 0.3) is 0 Å². The Hall–Kier alpha value is -1.03. The van der Waals surface area contributed by atoms with E-state index in [2.05, 4.69) is 0 Å². The second-order valence-electron chi connectivity index (χ2n) is 3.67. The number of rotatable bonds is 8. The number of phosphoric ester groups is 1. The summed E-state index contributed by atoms with van der Waals surface area (Å²) in [5, 5.41) is 9.57. The first-order chi connectivity index (χ1) is 8.61. The van der Waals surface area contributed by atoms with E-state index < -0.39 is 7.82 Å². The first kappa shape index (κ1) is 15.0. The molecule has 0 aromatic heterocycles. The number of para-hydroxylation sites is 2. The third kappa shape index (κ3) is 4.69. The Morgan fingerprint density at radius 2 is 1.67 bits per heavy atom. The zero-order chi connectivity index (χ0) is 13.4. The van der Waals surface area contributed by atoms with E-state index in [4.69, 9.17) is 13.6 Å². The summed E-state index contributed by atoms with van der Waals surface area (Å²) in [6.07, 6.45) is 1.40. The average molecular weight is 274 g/mol. The Kier molecular flexibility index (Phi) is 6.19. The minimum atomic E-state index is -3.66. The van der Waals surface area contributed by atoms with Gasteiger partial charge in [-0.25, -0.2) is 4.57 Å². The maximum atomic E-state index is 12.3. The minimum Gasteiger partial charge on any atom is -0.504 e. The van der Waals surface area contributed by atoms with E-state index in [9.17, 15) is 9.67 Å². The molecule has 0 saturated heterocycles. The molecule has 0 fully saturated rings. The van der Waals surface area contributed by atoms with Crippen molar-refractivity contribution in [3.63, 3.8) is 0 Å². The van der Waals surface area contributed by atoms with Crippen LogP contribution in [0, 0.1) is 0 Å². The van der Waals surface area contributed by atoms with Gasteiger partial charge in [-0.15, -0.1) is 0 Å². The van der Waals surface area contributed by atoms with Crippen LogP contribution in [0.1, 0.15) is 26.7 Å². The predicted octanol–water partition coefficient (Wildman–Crippen LogP) is 3.73. The topological polar surface area (TPSA) is 65.0 Å². The van der Waals surface area contributed by atoms with Crippen LogP contribution in [-0.2, 0) is 13.6 Å². The Morgan fingerprint density at radius 3 is 2.17 bits per heavy atom. The van der Waals surface area contributed by atoms with Gasteiger partial charge in [0.05, 0.1) is 13.2 Å². The summed E-state index contributed by atoms with van der Waals surface area (Å²) in [5.74, 6) is -0.00837. The van der Waals surface area contributed by atoms with Crippen LogP contribution in [0.3, 0.4) is 0 Å². The Bertz CT molecular complexity index is 395. The molecule has 0 spiro atoms. The highest BCUT2D eigenvalue weighted by molar-refractivity contribution is 7.48. The van der Waals surface area contributed by atoms with Gasteiger partial charge >= 0.3 is 7.82 Å². The van der Waals surface area contributed by atoms with Crippen LogP contribution in [0.4, 0.5) is 0 Å². The summed E-state index contributed by atoms with van der Waals surface area (Å²) in [6, 6.07) is 6.26. The molecule has 102 valence electrons. The lowest BCUT2D eigenvalue weighted by Gasteiger charge is -2.18. The van der Waals surface area contributed by atoms with Crippen molar-refractivity contribution in [1.82, 2.24) is 0 Å². The highest BCUT2D eigenvalue weighted by Gasteiger charge is 2.29. The molecule has 0 amide bonds. The van der Waals surface area contributed by atoms with Crippen LogP contribution >= 0.6 is 7.82 Å². The summed E-state index contributed by atoms with van der Waals surface area (Å²) in [6.45, 7) is 4.33. The highest BCUT2D eigenvalue weighted by atomic mass is 31.2. The zero-order valence-electron chi connectivity index (χ0n) is 10.7. The largest absolute Gasteiger partial charge is 0.530 e. The molecule has 0 aliphatic heterocycles. The zero-order valence-corrected chi connectivity index (χ0v) is 11.6. The molecule has 0 atom stereocenters. The molecule has 0 aliphatic rings. The molecule has 0 radical (unpaired) electrons. The van der Waals surface area contributed by atoms with Gasteiger partial charge in [-0.3, -0.25) is 9.05 Å². The van der Waals surface area contributed by atoms with Gasteiger partial charge in [0.1, 0.15) is 0 Å². The van der Waals surface area contributed by atoms with Gasteiger partial charge in [0, 0.05) is 0 Å². The van der Waals surface area contributed by atoms with Crippen molar-refractivity contribution in [3.05, 3.63) is 24.3 Å². The number of phosphoric acid groups is 1. The Balaban J connectivity index is 2.77. The van der Waals surface area contributed by atoms with Crippen molar-refractivity contribution >= 4 is 7.82 Å². The van der Waals surface area contributed by atoms with Crippen LogP contribution in [0.15, 0.2) is 24.3 Å². The standard InChI is InChI=1S/C12H19O5P/c1-3-9-15-18(14,16-10-4-2)17-12-8-6-5-7-11(12)13/h5-8,13H,3-4,9-10H2,1-2H3. The molecular formula is C12H19O5P. The van der Waals surface area contributed by atoms with E-state index in [1.165, 1.54) is 12.1 Å². The number of phenolic OH excluding ortho intramolecular Hbond substituents is 1. The van der Waals surface area contributed by atoms with E-state index >= 15 is 0 Å². The van der Waals surface area contributed by atoms with Crippen LogP contribution in [0.2, 0.25) is 0 Å². The number of aromatic hydroxyl groups is 1. The molecule has 18 heavy (non-hydrogen) atoms. The fourth-order valence-electron chi connectivity index (χ4n) is 1.15. The van der Waals surface area contributed by atoms with Gasteiger partial charge in [0.15, 0.2) is 11.5 Å². The second kappa shape index (κ2) is 7.41. The van der Waals surface area contributed by atoms with Crippen LogP contribution in [-0.4, -0.2) is 18.3 Å². The molecular weight excluding hydrogens is 255 g/mol. The lowest BCUT2D eigenvalue weighted by molar-refractivity contribution is 0.154. The minimum absolute atomic E-state index is 0.0908. The summed E-state index contributed by atoms with van der Waals surface area (Å²) in [5.41, 5.74) is 0. The number of hydrogen-bond donors (Lipinski definition) is 1. The normalized spacial score (nSPS) is 11.4. The lowest BCUT2D eigenvalue weighted by Crippen LogP contribution is -2.04. The molecule has 0 bridgehead atoms. The summed E-state index contributed by atoms with van der Waals surface area (Å²) in [4.78, 5) is 0. The van der Waals surface area contributed by atoms with Crippen molar-refractivity contribution in [3.8, 4) is 11.5 Å². The maximum absolute atomic E-state index is 12.3. The molecule has 1 N–H and O–H groups in total. The smallest absolute Gasteiger partial charge is 0.504 e. The third-order valence-corrected chi connectivity index (χ3v) is 3.40. The van der Waals surface area contributed by atoms with Gasteiger partial charge in [0.2, 0.25) is 0 Å². The fraction of sp³-hybridized carbons (Fsp3) is 0.500. The van der Waals surface area contributed by atoms with Crippen LogP contribution in [0.5, 0.6) is 11.5 Å². The highest BCUT2D eigenvalue weighted by Crippen LogP contribution is 2.51. The Labute approximate surface area is 107 Å². The molecule has 0 heterocycles. The molecule has 6 heteroatoms. The number of hydrogen-bond acceptors (Lipinski definition) is 5. The van der Waals surface area contributed by atoms with Crippen molar-refractivity contribution in [1.29, 1.82) is 0 Å². The lowest BCUT2D eigenvalue weighted by atomic mass is 10.3. The summed E-state index contributed by atoms with van der Waals surface area (Å²) in [7, 11) is -3.66. The van der Waals surface area contributed by atoms with E-state index in [0.29, 0.717) is 12.8 Å². The maximum Gasteiger partial charge on any atom is 0.530 e. The summed E-state index contributed by atoms with van der Waals surface area (Å²) < 4.78 is 27.8. The van der Waals surface area contributed by atoms with E-state index in [1.807, 2.05) is 13.8 Å². The Morgan fingerprint density at radius 1 is 1.11 bits per heavy atom. The average Bonchev–Trinajstić information content (AvgIpc) is 2.37. The number of benzene rings is 1. The van der Waals surface area contributed by atoms with Gasteiger partial charge in [-0.1, -0.05) is 26.0 Å². The van der Waals surface area contributed by atoms with Gasteiger partial charge in [-0.2, -0.15) is 0 Å². The molecule has 1 aromatic carbocycles. The van der Waals surface area contributed by atoms with Gasteiger partial charge < -0.3 is 9.63 Å². The van der Waals surface area contributed by atoms with Crippen molar-refractivity contribution in [2.24, 2.45) is 0 Å². The fourth-order valence-corrected chi connectivity index (χ4v) is 2.54. The van der Waals surface area contributed by atoms with Gasteiger partial charge in [-0.05, 0) is 25.0 Å². The molecule has 5 nitrogen and oxygen atoms in total. The van der Waals surface area contributed by atoms with Crippen molar-refractivity contribution in [2.45, 2.75) is 26.7 Å². The monoisotopic (exact) mass is 274 g/mol. The molecule has 1 rings (SSSR count). The van der Waals surface area contributed by atoms with Crippen LogP contribution < -0.4 is 4.52 Å². The number of phenols is 1. The third-order valence-electron chi connectivity index (χ3n) is 1.98. The van der Waals surface area contributed by atoms with Crippen molar-refractivity contribution < 1.29 is 23.2 Å². The van der Waals surface area contributed by atoms with E-state index in [0.717, 1.165) is 0 Å². The molecule has 0 saturated carbocycles. The second-order valence-corrected chi connectivity index (χ2v) is 5.27. The van der Waals surface area contributed by atoms with Crippen LogP contribution in [0.25, 0.3) is 0 Å². The van der Waals surface area contributed by atoms with Crippen molar-refractivity contribution in [2.75, 3.05) is 13.2 Å². The van der Waals surface area contributed by atoms with E-state index in [-0.39, 0.29) is 24.7 Å². The summed E-state index contributed by atoms with van der Waals surface area (Å²) >= 11 is 0. The predicted molar refractivity (Wildman–Crippen MR) is 68.8 cm³/mol. The quantitative estimate of drug-likeness (QED) is 0.732. The van der Waals surface area contributed by atoms with E-state index in [1.54, 1.807) is 12.1 Å². The SMILES string of the molecule is CCCOP(=O)(OCCC)Oc1ccccc1O.